The average molecular weight is 254 g/mol. The normalized spacial score (nSPS) is 10.4. The lowest BCUT2D eigenvalue weighted by Crippen LogP contribution is -1.83. The predicted molar refractivity (Wildman–Crippen MR) is 58.6 cm³/mol. The van der Waals surface area contributed by atoms with E-state index in [0.717, 1.165) is 11.8 Å². The SMILES string of the molecule is N#Cc1ccc(F)c(C=CCCBr)c1. The van der Waals surface area contributed by atoms with Gasteiger partial charge in [0.25, 0.3) is 0 Å². The van der Waals surface area contributed by atoms with Crippen molar-refractivity contribution in [3.63, 3.8) is 0 Å². The van der Waals surface area contributed by atoms with Crippen molar-refractivity contribution in [1.82, 2.24) is 0 Å². The largest absolute Gasteiger partial charge is 0.206 e. The van der Waals surface area contributed by atoms with E-state index < -0.39 is 0 Å². The van der Waals surface area contributed by atoms with Gasteiger partial charge < -0.3 is 0 Å². The van der Waals surface area contributed by atoms with Gasteiger partial charge in [0.15, 0.2) is 0 Å². The van der Waals surface area contributed by atoms with Gasteiger partial charge in [-0.2, -0.15) is 5.26 Å². The van der Waals surface area contributed by atoms with Gasteiger partial charge in [0, 0.05) is 10.9 Å². The maximum absolute atomic E-state index is 13.2. The van der Waals surface area contributed by atoms with Crippen LogP contribution in [0, 0.1) is 17.1 Å². The summed E-state index contributed by atoms with van der Waals surface area (Å²) in [6.45, 7) is 0. The first kappa shape index (κ1) is 10.9. The molecule has 0 spiro atoms. The summed E-state index contributed by atoms with van der Waals surface area (Å²) in [4.78, 5) is 0. The molecule has 14 heavy (non-hydrogen) atoms. The Kier molecular flexibility index (Phi) is 4.34. The Balaban J connectivity index is 2.90. The molecular formula is C11H9BrFN. The number of nitriles is 1. The predicted octanol–water partition coefficient (Wildman–Crippen LogP) is 3.50. The fraction of sp³-hybridized carbons (Fsp3) is 0.182. The van der Waals surface area contributed by atoms with Crippen LogP contribution in [0.1, 0.15) is 17.5 Å². The number of hydrogen-bond acceptors (Lipinski definition) is 1. The van der Waals surface area contributed by atoms with E-state index in [2.05, 4.69) is 15.9 Å². The molecule has 0 amide bonds. The third-order valence-corrected chi connectivity index (χ3v) is 2.16. The highest BCUT2D eigenvalue weighted by Gasteiger charge is 1.99. The van der Waals surface area contributed by atoms with Gasteiger partial charge in [-0.15, -0.1) is 0 Å². The van der Waals surface area contributed by atoms with Crippen LogP contribution < -0.4 is 0 Å². The topological polar surface area (TPSA) is 23.8 Å². The lowest BCUT2D eigenvalue weighted by atomic mass is 10.1. The van der Waals surface area contributed by atoms with E-state index in [1.807, 2.05) is 12.1 Å². The number of allylic oxidation sites excluding steroid dienone is 1. The molecule has 0 aliphatic rings. The Bertz CT molecular complexity index is 379. The summed E-state index contributed by atoms with van der Waals surface area (Å²) >= 11 is 3.27. The number of hydrogen-bond donors (Lipinski definition) is 0. The van der Waals surface area contributed by atoms with Crippen molar-refractivity contribution in [2.75, 3.05) is 5.33 Å². The van der Waals surface area contributed by atoms with Gasteiger partial charge in [0.1, 0.15) is 5.82 Å². The second-order valence-corrected chi connectivity index (χ2v) is 3.52. The molecule has 72 valence electrons. The molecule has 0 aromatic heterocycles. The van der Waals surface area contributed by atoms with Crippen molar-refractivity contribution in [2.24, 2.45) is 0 Å². The van der Waals surface area contributed by atoms with Gasteiger partial charge in [-0.25, -0.2) is 4.39 Å². The van der Waals surface area contributed by atoms with E-state index in [-0.39, 0.29) is 5.82 Å². The summed E-state index contributed by atoms with van der Waals surface area (Å²) in [6.07, 6.45) is 4.40. The Morgan fingerprint density at radius 3 is 2.93 bits per heavy atom. The van der Waals surface area contributed by atoms with Gasteiger partial charge in [0.05, 0.1) is 11.6 Å². The molecule has 0 radical (unpaired) electrons. The molecule has 0 aliphatic carbocycles. The second kappa shape index (κ2) is 5.56. The van der Waals surface area contributed by atoms with Crippen molar-refractivity contribution in [3.8, 4) is 6.07 Å². The molecule has 3 heteroatoms. The van der Waals surface area contributed by atoms with Crippen LogP contribution in [0.2, 0.25) is 0 Å². The lowest BCUT2D eigenvalue weighted by Gasteiger charge is -1.96. The molecular weight excluding hydrogens is 245 g/mol. The van der Waals surface area contributed by atoms with Gasteiger partial charge in [-0.05, 0) is 24.6 Å². The quantitative estimate of drug-likeness (QED) is 0.757. The van der Waals surface area contributed by atoms with Crippen LogP contribution in [0.5, 0.6) is 0 Å². The highest BCUT2D eigenvalue weighted by Crippen LogP contribution is 2.12. The second-order valence-electron chi connectivity index (χ2n) is 2.73. The van der Waals surface area contributed by atoms with E-state index in [9.17, 15) is 4.39 Å². The number of alkyl halides is 1. The van der Waals surface area contributed by atoms with Gasteiger partial charge in [0.2, 0.25) is 0 Å². The summed E-state index contributed by atoms with van der Waals surface area (Å²) in [6, 6.07) is 6.30. The summed E-state index contributed by atoms with van der Waals surface area (Å²) in [5.74, 6) is -0.296. The Morgan fingerprint density at radius 1 is 1.50 bits per heavy atom. The molecule has 0 unspecified atom stereocenters. The maximum Gasteiger partial charge on any atom is 0.130 e. The zero-order valence-electron chi connectivity index (χ0n) is 7.50. The zero-order valence-corrected chi connectivity index (χ0v) is 9.09. The Labute approximate surface area is 91.0 Å². The molecule has 0 N–H and O–H groups in total. The standard InChI is InChI=1S/C11H9BrFN/c12-6-2-1-3-10-7-9(8-14)4-5-11(10)13/h1,3-5,7H,2,6H2. The van der Waals surface area contributed by atoms with Crippen molar-refractivity contribution >= 4 is 22.0 Å². The molecule has 0 bridgehead atoms. The molecule has 0 atom stereocenters. The maximum atomic E-state index is 13.2. The smallest absolute Gasteiger partial charge is 0.130 e. The Hall–Kier alpha value is -1.14. The molecule has 1 aromatic rings. The van der Waals surface area contributed by atoms with Crippen molar-refractivity contribution in [1.29, 1.82) is 5.26 Å². The van der Waals surface area contributed by atoms with Crippen LogP contribution in [0.15, 0.2) is 24.3 Å². The molecule has 1 nitrogen and oxygen atoms in total. The zero-order chi connectivity index (χ0) is 10.4. The summed E-state index contributed by atoms with van der Waals surface area (Å²) in [5.41, 5.74) is 0.940. The first-order chi connectivity index (χ1) is 6.77. The number of rotatable bonds is 3. The highest BCUT2D eigenvalue weighted by atomic mass is 79.9. The van der Waals surface area contributed by atoms with E-state index in [1.165, 1.54) is 12.1 Å². The van der Waals surface area contributed by atoms with Crippen molar-refractivity contribution < 1.29 is 4.39 Å². The van der Waals surface area contributed by atoms with Crippen molar-refractivity contribution in [3.05, 3.63) is 41.2 Å². The third-order valence-electron chi connectivity index (χ3n) is 1.70. The first-order valence-electron chi connectivity index (χ1n) is 4.20. The minimum absolute atomic E-state index is 0.296. The minimum atomic E-state index is -0.296. The molecule has 0 aliphatic heterocycles. The van der Waals surface area contributed by atoms with Crippen LogP contribution in [0.4, 0.5) is 4.39 Å². The van der Waals surface area contributed by atoms with Crippen LogP contribution in [-0.4, -0.2) is 5.33 Å². The molecule has 1 aromatic carbocycles. The molecule has 1 rings (SSSR count). The monoisotopic (exact) mass is 253 g/mol. The number of nitrogens with zero attached hydrogens (tertiary/aromatic N) is 1. The van der Waals surface area contributed by atoms with Gasteiger partial charge in [-0.1, -0.05) is 28.1 Å². The minimum Gasteiger partial charge on any atom is -0.206 e. The van der Waals surface area contributed by atoms with Gasteiger partial charge in [-0.3, -0.25) is 0 Å². The number of benzene rings is 1. The summed E-state index contributed by atoms with van der Waals surface area (Å²) in [7, 11) is 0. The first-order valence-corrected chi connectivity index (χ1v) is 5.32. The van der Waals surface area contributed by atoms with Crippen LogP contribution in [0.3, 0.4) is 0 Å². The lowest BCUT2D eigenvalue weighted by molar-refractivity contribution is 0.625. The van der Waals surface area contributed by atoms with Crippen LogP contribution >= 0.6 is 15.9 Å². The average Bonchev–Trinajstić information content (AvgIpc) is 2.21. The van der Waals surface area contributed by atoms with Crippen LogP contribution in [-0.2, 0) is 0 Å². The molecule has 0 heterocycles. The van der Waals surface area contributed by atoms with E-state index in [4.69, 9.17) is 5.26 Å². The Morgan fingerprint density at radius 2 is 2.29 bits per heavy atom. The fourth-order valence-corrected chi connectivity index (χ4v) is 1.28. The summed E-state index contributed by atoms with van der Waals surface area (Å²) < 4.78 is 13.2. The van der Waals surface area contributed by atoms with Crippen molar-refractivity contribution in [2.45, 2.75) is 6.42 Å². The fourth-order valence-electron chi connectivity index (χ4n) is 1.01. The van der Waals surface area contributed by atoms with Gasteiger partial charge >= 0.3 is 0 Å². The van der Waals surface area contributed by atoms with E-state index in [0.29, 0.717) is 11.1 Å². The summed E-state index contributed by atoms with van der Waals surface area (Å²) in [5, 5.41) is 9.47. The van der Waals surface area contributed by atoms with Crippen LogP contribution in [0.25, 0.3) is 6.08 Å². The molecule has 0 saturated heterocycles. The number of halogens is 2. The molecule has 0 fully saturated rings. The van der Waals surface area contributed by atoms with E-state index >= 15 is 0 Å². The molecule has 0 saturated carbocycles. The third kappa shape index (κ3) is 2.97. The highest BCUT2D eigenvalue weighted by molar-refractivity contribution is 9.09. The van der Waals surface area contributed by atoms with E-state index in [1.54, 1.807) is 12.1 Å².